The highest BCUT2D eigenvalue weighted by molar-refractivity contribution is 7.92. The lowest BCUT2D eigenvalue weighted by molar-refractivity contribution is -0.119. The Balaban J connectivity index is 1.60. The van der Waals surface area contributed by atoms with Crippen molar-refractivity contribution in [3.8, 4) is 11.4 Å². The highest BCUT2D eigenvalue weighted by Gasteiger charge is 2.29. The quantitative estimate of drug-likeness (QED) is 0.200. The predicted octanol–water partition coefficient (Wildman–Crippen LogP) is 5.76. The van der Waals surface area contributed by atoms with Crippen LogP contribution in [0.15, 0.2) is 88.9 Å². The molecule has 11 heteroatoms. The number of aromatic nitrogens is 1. The number of carbonyl (C=O) groups excluding carboxylic acids is 1. The number of hydrazone groups is 1. The van der Waals surface area contributed by atoms with E-state index >= 15 is 0 Å². The first-order chi connectivity index (χ1) is 18.6. The Kier molecular flexibility index (Phi) is 8.64. The molecule has 3 aromatic carbocycles. The Labute approximate surface area is 237 Å². The molecule has 4 rings (SSSR count). The van der Waals surface area contributed by atoms with Crippen LogP contribution in [0, 0.1) is 13.8 Å². The Bertz CT molecular complexity index is 1640. The molecule has 0 saturated heterocycles. The molecule has 0 unspecified atom stereocenters. The summed E-state index contributed by atoms with van der Waals surface area (Å²) in [6.45, 7) is 3.32. The number of carbonyl (C=O) groups is 1. The van der Waals surface area contributed by atoms with E-state index in [4.69, 9.17) is 27.9 Å². The highest BCUT2D eigenvalue weighted by Crippen LogP contribution is 2.34. The van der Waals surface area contributed by atoms with Crippen LogP contribution in [-0.4, -0.2) is 38.8 Å². The van der Waals surface area contributed by atoms with E-state index in [1.165, 1.54) is 37.6 Å². The maximum atomic E-state index is 13.6. The normalized spacial score (nSPS) is 11.5. The number of hydrogen-bond donors (Lipinski definition) is 1. The average molecular weight is 586 g/mol. The van der Waals surface area contributed by atoms with E-state index in [9.17, 15) is 13.2 Å². The third kappa shape index (κ3) is 6.27. The molecule has 8 nitrogen and oxygen atoms in total. The van der Waals surface area contributed by atoms with E-state index in [0.717, 1.165) is 26.9 Å². The number of rotatable bonds is 9. The fourth-order valence-corrected chi connectivity index (χ4v) is 5.94. The molecule has 0 aliphatic heterocycles. The molecule has 1 aromatic heterocycles. The Hall–Kier alpha value is -3.79. The monoisotopic (exact) mass is 584 g/mol. The van der Waals surface area contributed by atoms with E-state index in [1.54, 1.807) is 30.3 Å². The zero-order valence-corrected chi connectivity index (χ0v) is 23.8. The smallest absolute Gasteiger partial charge is 0.264 e. The lowest BCUT2D eigenvalue weighted by Gasteiger charge is -2.25. The van der Waals surface area contributed by atoms with Gasteiger partial charge >= 0.3 is 0 Å². The topological polar surface area (TPSA) is 93.0 Å². The Morgan fingerprint density at radius 3 is 2.41 bits per heavy atom. The van der Waals surface area contributed by atoms with E-state index in [2.05, 4.69) is 10.5 Å². The number of anilines is 1. The number of amides is 1. The number of halogens is 2. The molecule has 39 heavy (non-hydrogen) atoms. The summed E-state index contributed by atoms with van der Waals surface area (Å²) >= 11 is 12.3. The van der Waals surface area contributed by atoms with E-state index < -0.39 is 22.5 Å². The van der Waals surface area contributed by atoms with Crippen molar-refractivity contribution in [2.24, 2.45) is 5.10 Å². The lowest BCUT2D eigenvalue weighted by Crippen LogP contribution is -2.39. The molecule has 0 bridgehead atoms. The van der Waals surface area contributed by atoms with Crippen molar-refractivity contribution in [2.45, 2.75) is 18.7 Å². The molecule has 1 N–H and O–H groups in total. The minimum atomic E-state index is -4.15. The van der Waals surface area contributed by atoms with Gasteiger partial charge in [0, 0.05) is 32.7 Å². The van der Waals surface area contributed by atoms with Crippen LogP contribution in [0.5, 0.6) is 5.75 Å². The minimum Gasteiger partial charge on any atom is -0.495 e. The summed E-state index contributed by atoms with van der Waals surface area (Å²) in [7, 11) is -2.74. The van der Waals surface area contributed by atoms with Crippen LogP contribution in [0.2, 0.25) is 10.0 Å². The van der Waals surface area contributed by atoms with Crippen molar-refractivity contribution in [1.29, 1.82) is 0 Å². The van der Waals surface area contributed by atoms with Gasteiger partial charge in [-0.3, -0.25) is 9.10 Å². The van der Waals surface area contributed by atoms with Gasteiger partial charge in [-0.1, -0.05) is 47.5 Å². The number of sulfonamides is 1. The van der Waals surface area contributed by atoms with Crippen LogP contribution in [0.4, 0.5) is 5.69 Å². The first kappa shape index (κ1) is 28.2. The van der Waals surface area contributed by atoms with E-state index in [0.29, 0.717) is 5.02 Å². The van der Waals surface area contributed by atoms with Crippen LogP contribution in [-0.2, 0) is 14.8 Å². The summed E-state index contributed by atoms with van der Waals surface area (Å²) in [5, 5.41) is 4.99. The number of methoxy groups -OCH3 is 1. The van der Waals surface area contributed by atoms with Crippen LogP contribution in [0.1, 0.15) is 17.0 Å². The molecule has 1 amide bonds. The maximum absolute atomic E-state index is 13.6. The lowest BCUT2D eigenvalue weighted by atomic mass is 10.2. The summed E-state index contributed by atoms with van der Waals surface area (Å²) in [6, 6.07) is 21.7. The van der Waals surface area contributed by atoms with Crippen molar-refractivity contribution in [3.63, 3.8) is 0 Å². The van der Waals surface area contributed by atoms with Crippen molar-refractivity contribution in [3.05, 3.63) is 106 Å². The summed E-state index contributed by atoms with van der Waals surface area (Å²) in [4.78, 5) is 13.0. The van der Waals surface area contributed by atoms with Crippen molar-refractivity contribution in [1.82, 2.24) is 9.99 Å². The molecule has 0 saturated carbocycles. The zero-order valence-electron chi connectivity index (χ0n) is 21.4. The number of hydrogen-bond acceptors (Lipinski definition) is 5. The summed E-state index contributed by atoms with van der Waals surface area (Å²) in [6.07, 6.45) is 1.51. The first-order valence-electron chi connectivity index (χ1n) is 11.8. The first-order valence-corrected chi connectivity index (χ1v) is 14.0. The van der Waals surface area contributed by atoms with Crippen LogP contribution in [0.25, 0.3) is 5.69 Å². The summed E-state index contributed by atoms with van der Waals surface area (Å²) < 4.78 is 35.5. The van der Waals surface area contributed by atoms with Gasteiger partial charge < -0.3 is 9.30 Å². The molecule has 0 aliphatic rings. The second-order valence-electron chi connectivity index (χ2n) is 8.58. The van der Waals surface area contributed by atoms with Crippen LogP contribution in [0.3, 0.4) is 0 Å². The van der Waals surface area contributed by atoms with Gasteiger partial charge in [-0.05, 0) is 68.4 Å². The fraction of sp³-hybridized carbons (Fsp3) is 0.143. The molecular formula is C28H26Cl2N4O4S. The number of nitrogens with one attached hydrogen (secondary N) is 1. The standard InChI is InChI=1S/C28H26Cl2N4O4S/c1-19-14-21(20(2)34(19)24-9-7-8-22(29)15-24)17-31-32-28(35)18-33(26-16-23(30)12-13-27(26)38-3)39(36,37)25-10-5-4-6-11-25/h4-17H,18H2,1-3H3,(H,32,35)/b31-17+. The fourth-order valence-electron chi connectivity index (χ4n) is 4.15. The largest absolute Gasteiger partial charge is 0.495 e. The number of ether oxygens (including phenoxy) is 1. The van der Waals surface area contributed by atoms with Crippen molar-refractivity contribution < 1.29 is 17.9 Å². The number of aryl methyl sites for hydroxylation is 1. The third-order valence-corrected chi connectivity index (χ3v) is 8.20. The van der Waals surface area contributed by atoms with E-state index in [-0.39, 0.29) is 21.4 Å². The van der Waals surface area contributed by atoms with Crippen LogP contribution < -0.4 is 14.5 Å². The van der Waals surface area contributed by atoms with Crippen molar-refractivity contribution in [2.75, 3.05) is 18.0 Å². The maximum Gasteiger partial charge on any atom is 0.264 e. The zero-order chi connectivity index (χ0) is 28.2. The van der Waals surface area contributed by atoms with Gasteiger partial charge in [0.1, 0.15) is 12.3 Å². The van der Waals surface area contributed by atoms with E-state index in [1.807, 2.05) is 42.7 Å². The number of nitrogens with zero attached hydrogens (tertiary/aromatic N) is 3. The second kappa shape index (κ2) is 11.9. The van der Waals surface area contributed by atoms with Gasteiger partial charge in [-0.2, -0.15) is 5.10 Å². The summed E-state index contributed by atoms with van der Waals surface area (Å²) in [5.74, 6) is -0.417. The molecular weight excluding hydrogens is 559 g/mol. The third-order valence-electron chi connectivity index (χ3n) is 5.96. The van der Waals surface area contributed by atoms with Crippen LogP contribution >= 0.6 is 23.2 Å². The molecule has 0 radical (unpaired) electrons. The molecule has 0 spiro atoms. The molecule has 0 fully saturated rings. The van der Waals surface area contributed by atoms with Gasteiger partial charge in [0.2, 0.25) is 0 Å². The van der Waals surface area contributed by atoms with Gasteiger partial charge in [0.05, 0.1) is 23.9 Å². The second-order valence-corrected chi connectivity index (χ2v) is 11.3. The minimum absolute atomic E-state index is 0.0109. The SMILES string of the molecule is COc1ccc(Cl)cc1N(CC(=O)N/N=C/c1cc(C)n(-c2cccc(Cl)c2)c1C)S(=O)(=O)c1ccccc1. The molecule has 202 valence electrons. The summed E-state index contributed by atoms with van der Waals surface area (Å²) in [5.41, 5.74) is 6.08. The Morgan fingerprint density at radius 2 is 1.72 bits per heavy atom. The van der Waals surface area contributed by atoms with Gasteiger partial charge in [0.15, 0.2) is 0 Å². The predicted molar refractivity (Wildman–Crippen MR) is 155 cm³/mol. The van der Waals surface area contributed by atoms with Crippen molar-refractivity contribution >= 4 is 51.0 Å². The van der Waals surface area contributed by atoms with Gasteiger partial charge in [0.25, 0.3) is 15.9 Å². The Morgan fingerprint density at radius 1 is 1.00 bits per heavy atom. The van der Waals surface area contributed by atoms with Gasteiger partial charge in [-0.15, -0.1) is 0 Å². The van der Waals surface area contributed by atoms with Gasteiger partial charge in [-0.25, -0.2) is 13.8 Å². The molecule has 0 aliphatic carbocycles. The highest BCUT2D eigenvalue weighted by atomic mass is 35.5. The molecule has 0 atom stereocenters. The molecule has 1 heterocycles. The average Bonchev–Trinajstić information content (AvgIpc) is 3.20. The number of benzene rings is 3. The molecule has 4 aromatic rings.